The zero-order chi connectivity index (χ0) is 21.7. The van der Waals surface area contributed by atoms with Gasteiger partial charge in [0.2, 0.25) is 0 Å². The number of hydrogen-bond acceptors (Lipinski definition) is 3. The summed E-state index contributed by atoms with van der Waals surface area (Å²) in [4.78, 5) is 13.4. The van der Waals surface area contributed by atoms with Gasteiger partial charge in [-0.1, -0.05) is 44.9 Å². The molecule has 0 aliphatic heterocycles. The summed E-state index contributed by atoms with van der Waals surface area (Å²) in [5.74, 6) is 1.49. The van der Waals surface area contributed by atoms with Gasteiger partial charge in [-0.15, -0.1) is 0 Å². The van der Waals surface area contributed by atoms with E-state index < -0.39 is 5.41 Å². The molecule has 4 unspecified atom stereocenters. The molecule has 3 aliphatic carbocycles. The molecule has 0 bridgehead atoms. The fourth-order valence-electron chi connectivity index (χ4n) is 6.68. The maximum absolute atomic E-state index is 13.4. The lowest BCUT2D eigenvalue weighted by Gasteiger charge is -2.57. The summed E-state index contributed by atoms with van der Waals surface area (Å²) in [7, 11) is 0. The number of nitrogens with zero attached hydrogens (tertiary/aromatic N) is 2. The predicted octanol–water partition coefficient (Wildman–Crippen LogP) is 6.14. The number of aromatic nitrogens is 2. The van der Waals surface area contributed by atoms with Gasteiger partial charge in [0.25, 0.3) is 0 Å². The molecule has 3 aliphatic rings. The number of carbonyl (C=O) groups is 1. The molecule has 4 heteroatoms. The summed E-state index contributed by atoms with van der Waals surface area (Å²) >= 11 is 0. The van der Waals surface area contributed by atoms with E-state index in [0.717, 1.165) is 30.7 Å². The second kappa shape index (κ2) is 7.69. The topological polar surface area (TPSA) is 44.1 Å². The standard InChI is InChI=1S/C26H38N2O2/c1-17(2)20-8-10-22-21(15-20)9-11-23-25(22,5)12-7-13-26(23,6)24(29)30-16-28-19(4)14-18(3)27-28/h9,14-15,17,22-23H,7-8,10-13,16H2,1-6H3. The van der Waals surface area contributed by atoms with Crippen molar-refractivity contribution in [2.45, 2.75) is 86.8 Å². The lowest BCUT2D eigenvalue weighted by atomic mass is 9.47. The van der Waals surface area contributed by atoms with Gasteiger partial charge >= 0.3 is 5.97 Å². The third kappa shape index (κ3) is 3.46. The number of fused-ring (bicyclic) bond motifs is 3. The Hall–Kier alpha value is -1.84. The Morgan fingerprint density at radius 3 is 2.73 bits per heavy atom. The van der Waals surface area contributed by atoms with Gasteiger partial charge in [-0.2, -0.15) is 5.10 Å². The Bertz CT molecular complexity index is 893. The molecule has 4 rings (SSSR count). The minimum Gasteiger partial charge on any atom is -0.442 e. The molecule has 1 aromatic rings. The van der Waals surface area contributed by atoms with E-state index in [-0.39, 0.29) is 18.1 Å². The van der Waals surface area contributed by atoms with Crippen LogP contribution in [0.15, 0.2) is 29.4 Å². The van der Waals surface area contributed by atoms with Crippen LogP contribution in [-0.4, -0.2) is 15.7 Å². The summed E-state index contributed by atoms with van der Waals surface area (Å²) in [5, 5.41) is 4.44. The molecule has 4 nitrogen and oxygen atoms in total. The normalized spacial score (nSPS) is 33.4. The third-order valence-corrected chi connectivity index (χ3v) is 8.47. The second-order valence-electron chi connectivity index (χ2n) is 10.7. The van der Waals surface area contributed by atoms with E-state index in [4.69, 9.17) is 4.74 Å². The van der Waals surface area contributed by atoms with Gasteiger partial charge in [-0.25, -0.2) is 4.68 Å². The zero-order valence-corrected chi connectivity index (χ0v) is 19.6. The Balaban J connectivity index is 1.57. The highest BCUT2D eigenvalue weighted by molar-refractivity contribution is 5.77. The smallest absolute Gasteiger partial charge is 0.313 e. The van der Waals surface area contributed by atoms with E-state index in [2.05, 4.69) is 44.9 Å². The van der Waals surface area contributed by atoms with Gasteiger partial charge in [-0.3, -0.25) is 4.79 Å². The molecule has 1 saturated carbocycles. The van der Waals surface area contributed by atoms with E-state index >= 15 is 0 Å². The molecule has 0 aromatic carbocycles. The van der Waals surface area contributed by atoms with E-state index in [9.17, 15) is 4.79 Å². The van der Waals surface area contributed by atoms with Crippen LogP contribution in [0.1, 0.15) is 77.6 Å². The van der Waals surface area contributed by atoms with Crippen LogP contribution in [-0.2, 0) is 16.3 Å². The predicted molar refractivity (Wildman–Crippen MR) is 120 cm³/mol. The molecule has 164 valence electrons. The van der Waals surface area contributed by atoms with E-state index in [1.54, 1.807) is 10.3 Å². The van der Waals surface area contributed by atoms with Crippen LogP contribution < -0.4 is 0 Å². The fraction of sp³-hybridized carbons (Fsp3) is 0.692. The summed E-state index contributed by atoms with van der Waals surface area (Å²) in [5.41, 5.74) is 4.85. The van der Waals surface area contributed by atoms with Crippen molar-refractivity contribution < 1.29 is 9.53 Å². The van der Waals surface area contributed by atoms with Crippen molar-refractivity contribution in [2.75, 3.05) is 0 Å². The molecule has 0 spiro atoms. The maximum atomic E-state index is 13.4. The first-order valence-corrected chi connectivity index (χ1v) is 11.7. The van der Waals surface area contributed by atoms with Crippen LogP contribution >= 0.6 is 0 Å². The van der Waals surface area contributed by atoms with Crippen LogP contribution in [0.2, 0.25) is 0 Å². The molecular formula is C26H38N2O2. The average molecular weight is 411 g/mol. The van der Waals surface area contributed by atoms with E-state index in [1.165, 1.54) is 24.8 Å². The van der Waals surface area contributed by atoms with Crippen LogP contribution in [0.4, 0.5) is 0 Å². The van der Waals surface area contributed by atoms with Crippen LogP contribution in [0, 0.1) is 42.4 Å². The quantitative estimate of drug-likeness (QED) is 0.560. The molecule has 0 radical (unpaired) electrons. The summed E-state index contributed by atoms with van der Waals surface area (Å²) in [6.07, 6.45) is 11.6. The van der Waals surface area contributed by atoms with Crippen molar-refractivity contribution in [3.8, 4) is 0 Å². The molecule has 30 heavy (non-hydrogen) atoms. The molecule has 0 saturated heterocycles. The number of ether oxygens (including phenoxy) is 1. The van der Waals surface area contributed by atoms with Gasteiger partial charge < -0.3 is 4.74 Å². The highest BCUT2D eigenvalue weighted by Gasteiger charge is 2.57. The van der Waals surface area contributed by atoms with Gasteiger partial charge in [0.15, 0.2) is 6.73 Å². The molecule has 0 N–H and O–H groups in total. The minimum absolute atomic E-state index is 0.0444. The van der Waals surface area contributed by atoms with Crippen molar-refractivity contribution >= 4 is 5.97 Å². The Morgan fingerprint density at radius 2 is 2.07 bits per heavy atom. The number of carbonyl (C=O) groups excluding carboxylic acids is 1. The van der Waals surface area contributed by atoms with Gasteiger partial charge in [-0.05, 0) is 87.7 Å². The molecule has 1 aromatic heterocycles. The number of allylic oxidation sites excluding steroid dienone is 4. The first-order valence-electron chi connectivity index (χ1n) is 11.7. The summed E-state index contributed by atoms with van der Waals surface area (Å²) < 4.78 is 7.66. The van der Waals surface area contributed by atoms with Crippen LogP contribution in [0.25, 0.3) is 0 Å². The van der Waals surface area contributed by atoms with Crippen molar-refractivity contribution in [1.29, 1.82) is 0 Å². The lowest BCUT2D eigenvalue weighted by Crippen LogP contribution is -2.53. The Labute approximate surface area is 181 Å². The average Bonchev–Trinajstić information content (AvgIpc) is 3.02. The summed E-state index contributed by atoms with van der Waals surface area (Å²) in [6.45, 7) is 13.4. The lowest BCUT2D eigenvalue weighted by molar-refractivity contribution is -0.173. The van der Waals surface area contributed by atoms with E-state index in [0.29, 0.717) is 17.8 Å². The Morgan fingerprint density at radius 1 is 1.30 bits per heavy atom. The van der Waals surface area contributed by atoms with Gasteiger partial charge in [0.1, 0.15) is 0 Å². The van der Waals surface area contributed by atoms with Crippen molar-refractivity contribution in [2.24, 2.45) is 28.6 Å². The number of aryl methyl sites for hydroxylation is 2. The largest absolute Gasteiger partial charge is 0.442 e. The highest BCUT2D eigenvalue weighted by Crippen LogP contribution is 2.62. The minimum atomic E-state index is -0.423. The molecule has 1 fully saturated rings. The third-order valence-electron chi connectivity index (χ3n) is 8.47. The molecular weight excluding hydrogens is 372 g/mol. The van der Waals surface area contributed by atoms with Crippen molar-refractivity contribution in [1.82, 2.24) is 9.78 Å². The number of rotatable bonds is 4. The van der Waals surface area contributed by atoms with E-state index in [1.807, 2.05) is 19.9 Å². The zero-order valence-electron chi connectivity index (χ0n) is 19.6. The number of esters is 1. The molecule has 4 atom stereocenters. The Kier molecular flexibility index (Phi) is 5.48. The SMILES string of the molecule is Cc1cc(C)n(COC(=O)C2(C)CCCC3(C)C4CCC(C(C)C)=CC4=CCC23)n1. The summed E-state index contributed by atoms with van der Waals surface area (Å²) in [6, 6.07) is 2.02. The maximum Gasteiger partial charge on any atom is 0.313 e. The van der Waals surface area contributed by atoms with Crippen LogP contribution in [0.3, 0.4) is 0 Å². The first-order chi connectivity index (χ1) is 14.1. The van der Waals surface area contributed by atoms with Crippen molar-refractivity contribution in [3.05, 3.63) is 40.8 Å². The number of hydrogen-bond donors (Lipinski definition) is 0. The monoisotopic (exact) mass is 410 g/mol. The fourth-order valence-corrected chi connectivity index (χ4v) is 6.68. The highest BCUT2D eigenvalue weighted by atomic mass is 16.5. The second-order valence-corrected chi connectivity index (χ2v) is 10.7. The van der Waals surface area contributed by atoms with Gasteiger partial charge in [0.05, 0.1) is 11.1 Å². The molecule has 1 heterocycles. The van der Waals surface area contributed by atoms with Crippen LogP contribution in [0.5, 0.6) is 0 Å². The molecule has 0 amide bonds. The van der Waals surface area contributed by atoms with Gasteiger partial charge in [0, 0.05) is 5.69 Å². The van der Waals surface area contributed by atoms with Crippen molar-refractivity contribution in [3.63, 3.8) is 0 Å². The first kappa shape index (κ1) is 21.4.